The highest BCUT2D eigenvalue weighted by atomic mass is 16.3. The maximum Gasteiger partial charge on any atom is 0.183 e. The van der Waals surface area contributed by atoms with E-state index in [4.69, 9.17) is 5.26 Å². The second kappa shape index (κ2) is 4.45. The molecule has 2 heterocycles. The fourth-order valence-corrected chi connectivity index (χ4v) is 1.97. The summed E-state index contributed by atoms with van der Waals surface area (Å²) in [4.78, 5) is 10.2. The van der Waals surface area contributed by atoms with Gasteiger partial charge in [-0.25, -0.2) is 9.97 Å². The van der Waals surface area contributed by atoms with Gasteiger partial charge in [-0.05, 0) is 12.3 Å². The Morgan fingerprint density at radius 2 is 2.25 bits per heavy atom. The Morgan fingerprint density at radius 1 is 1.50 bits per heavy atom. The maximum absolute atomic E-state index is 9.64. The molecule has 0 spiro atoms. The summed E-state index contributed by atoms with van der Waals surface area (Å²) in [5.41, 5.74) is 0.353. The van der Waals surface area contributed by atoms with Gasteiger partial charge in [0.2, 0.25) is 0 Å². The molecule has 5 heteroatoms. The molecule has 1 saturated heterocycles. The topological polar surface area (TPSA) is 73.0 Å². The average molecular weight is 218 g/mol. The van der Waals surface area contributed by atoms with Crippen molar-refractivity contribution in [2.45, 2.75) is 19.4 Å². The summed E-state index contributed by atoms with van der Waals surface area (Å²) in [6.07, 6.45) is 3.57. The molecule has 2 rings (SSSR count). The van der Waals surface area contributed by atoms with Crippen LogP contribution >= 0.6 is 0 Å². The highest BCUT2D eigenvalue weighted by Crippen LogP contribution is 2.22. The SMILES string of the molecule is CC1CN(c2nccnc2C#N)CCC1O. The van der Waals surface area contributed by atoms with Gasteiger partial charge in [0.1, 0.15) is 6.07 Å². The number of aliphatic hydroxyl groups excluding tert-OH is 1. The van der Waals surface area contributed by atoms with Crippen LogP contribution in [-0.4, -0.2) is 34.3 Å². The van der Waals surface area contributed by atoms with Crippen LogP contribution in [0.25, 0.3) is 0 Å². The molecule has 1 aliphatic heterocycles. The van der Waals surface area contributed by atoms with Crippen molar-refractivity contribution >= 4 is 5.82 Å². The van der Waals surface area contributed by atoms with E-state index in [1.807, 2.05) is 17.9 Å². The number of hydrogen-bond donors (Lipinski definition) is 1. The van der Waals surface area contributed by atoms with E-state index >= 15 is 0 Å². The van der Waals surface area contributed by atoms with Gasteiger partial charge in [-0.2, -0.15) is 5.26 Å². The van der Waals surface area contributed by atoms with Crippen LogP contribution < -0.4 is 4.90 Å². The van der Waals surface area contributed by atoms with Crippen molar-refractivity contribution < 1.29 is 5.11 Å². The van der Waals surface area contributed by atoms with E-state index in [1.54, 1.807) is 6.20 Å². The van der Waals surface area contributed by atoms with Gasteiger partial charge >= 0.3 is 0 Å². The number of aliphatic hydroxyl groups is 1. The Kier molecular flexibility index (Phi) is 3.02. The van der Waals surface area contributed by atoms with Crippen molar-refractivity contribution in [3.05, 3.63) is 18.1 Å². The van der Waals surface area contributed by atoms with Crippen molar-refractivity contribution in [3.63, 3.8) is 0 Å². The van der Waals surface area contributed by atoms with Gasteiger partial charge in [0.25, 0.3) is 0 Å². The van der Waals surface area contributed by atoms with Gasteiger partial charge in [-0.15, -0.1) is 0 Å². The second-order valence-corrected chi connectivity index (χ2v) is 4.12. The molecule has 1 aliphatic rings. The van der Waals surface area contributed by atoms with Gasteiger partial charge in [0.05, 0.1) is 6.10 Å². The maximum atomic E-state index is 9.64. The van der Waals surface area contributed by atoms with E-state index in [1.165, 1.54) is 6.20 Å². The molecular formula is C11H14N4O. The van der Waals surface area contributed by atoms with Crippen LogP contribution in [0.3, 0.4) is 0 Å². The molecule has 1 N–H and O–H groups in total. The first-order valence-corrected chi connectivity index (χ1v) is 5.36. The molecule has 0 aromatic carbocycles. The molecule has 0 saturated carbocycles. The zero-order valence-corrected chi connectivity index (χ0v) is 9.17. The van der Waals surface area contributed by atoms with Gasteiger partial charge in [-0.1, -0.05) is 6.92 Å². The largest absolute Gasteiger partial charge is 0.393 e. The van der Waals surface area contributed by atoms with Crippen LogP contribution in [0.15, 0.2) is 12.4 Å². The Hall–Kier alpha value is -1.67. The molecule has 0 bridgehead atoms. The first-order chi connectivity index (χ1) is 7.72. The molecular weight excluding hydrogens is 204 g/mol. The number of hydrogen-bond acceptors (Lipinski definition) is 5. The van der Waals surface area contributed by atoms with Crippen LogP contribution in [0, 0.1) is 17.2 Å². The third-order valence-electron chi connectivity index (χ3n) is 2.94. The summed E-state index contributed by atoms with van der Waals surface area (Å²) in [5, 5.41) is 18.6. The minimum atomic E-state index is -0.251. The standard InChI is InChI=1S/C11H14N4O/c1-8-7-15(5-2-10(8)16)11-9(6-12)13-3-4-14-11/h3-4,8,10,16H,2,5,7H2,1H3. The van der Waals surface area contributed by atoms with Crippen LogP contribution in [0.1, 0.15) is 19.0 Å². The van der Waals surface area contributed by atoms with Crippen molar-refractivity contribution in [1.29, 1.82) is 5.26 Å². The monoisotopic (exact) mass is 218 g/mol. The molecule has 84 valence electrons. The fourth-order valence-electron chi connectivity index (χ4n) is 1.97. The molecule has 0 radical (unpaired) electrons. The van der Waals surface area contributed by atoms with Gasteiger partial charge in [0.15, 0.2) is 11.5 Å². The summed E-state index contributed by atoms with van der Waals surface area (Å²) in [6, 6.07) is 2.04. The predicted molar refractivity (Wildman–Crippen MR) is 58.7 cm³/mol. The number of nitrogens with zero attached hydrogens (tertiary/aromatic N) is 4. The predicted octanol–water partition coefficient (Wildman–Crippen LogP) is 0.555. The molecule has 2 atom stereocenters. The first kappa shape index (κ1) is 10.8. The minimum absolute atomic E-state index is 0.197. The van der Waals surface area contributed by atoms with Crippen LogP contribution in [0.4, 0.5) is 5.82 Å². The molecule has 1 fully saturated rings. The molecule has 1 aromatic heterocycles. The van der Waals surface area contributed by atoms with Gasteiger partial charge in [0, 0.05) is 25.5 Å². The minimum Gasteiger partial charge on any atom is -0.393 e. The van der Waals surface area contributed by atoms with Crippen LogP contribution in [0.2, 0.25) is 0 Å². The molecule has 1 aromatic rings. The number of aromatic nitrogens is 2. The number of nitriles is 1. The van der Waals surface area contributed by atoms with E-state index in [9.17, 15) is 5.11 Å². The number of anilines is 1. The summed E-state index contributed by atoms with van der Waals surface area (Å²) >= 11 is 0. The highest BCUT2D eigenvalue weighted by molar-refractivity contribution is 5.49. The molecule has 5 nitrogen and oxygen atoms in total. The molecule has 0 amide bonds. The van der Waals surface area contributed by atoms with E-state index in [0.717, 1.165) is 6.54 Å². The smallest absolute Gasteiger partial charge is 0.183 e. The molecule has 16 heavy (non-hydrogen) atoms. The van der Waals surface area contributed by atoms with E-state index in [-0.39, 0.29) is 12.0 Å². The Labute approximate surface area is 94.4 Å². The zero-order chi connectivity index (χ0) is 11.5. The Bertz CT molecular complexity index is 415. The highest BCUT2D eigenvalue weighted by Gasteiger charge is 2.26. The summed E-state index contributed by atoms with van der Waals surface area (Å²) in [7, 11) is 0. The van der Waals surface area contributed by atoms with E-state index in [2.05, 4.69) is 9.97 Å². The second-order valence-electron chi connectivity index (χ2n) is 4.12. The van der Waals surface area contributed by atoms with Crippen LogP contribution in [0.5, 0.6) is 0 Å². The Morgan fingerprint density at radius 3 is 2.94 bits per heavy atom. The fraction of sp³-hybridized carbons (Fsp3) is 0.545. The lowest BCUT2D eigenvalue weighted by Crippen LogP contribution is -2.42. The lowest BCUT2D eigenvalue weighted by atomic mass is 9.97. The zero-order valence-electron chi connectivity index (χ0n) is 9.17. The molecule has 2 unspecified atom stereocenters. The van der Waals surface area contributed by atoms with Crippen molar-refractivity contribution in [2.24, 2.45) is 5.92 Å². The summed E-state index contributed by atoms with van der Waals surface area (Å²) in [5.74, 6) is 0.825. The summed E-state index contributed by atoms with van der Waals surface area (Å²) < 4.78 is 0. The quantitative estimate of drug-likeness (QED) is 0.745. The van der Waals surface area contributed by atoms with Gasteiger partial charge < -0.3 is 10.0 Å². The lowest BCUT2D eigenvalue weighted by molar-refractivity contribution is 0.0968. The van der Waals surface area contributed by atoms with E-state index in [0.29, 0.717) is 24.5 Å². The van der Waals surface area contributed by atoms with Crippen LogP contribution in [-0.2, 0) is 0 Å². The number of piperidine rings is 1. The number of rotatable bonds is 1. The van der Waals surface area contributed by atoms with Crippen molar-refractivity contribution in [2.75, 3.05) is 18.0 Å². The normalized spacial score (nSPS) is 25.2. The lowest BCUT2D eigenvalue weighted by Gasteiger charge is -2.35. The van der Waals surface area contributed by atoms with E-state index < -0.39 is 0 Å². The summed E-state index contributed by atoms with van der Waals surface area (Å²) in [6.45, 7) is 3.44. The average Bonchev–Trinajstić information content (AvgIpc) is 2.32. The third kappa shape index (κ3) is 1.97. The third-order valence-corrected chi connectivity index (χ3v) is 2.94. The Balaban J connectivity index is 2.22. The van der Waals surface area contributed by atoms with Crippen molar-refractivity contribution in [1.82, 2.24) is 9.97 Å². The van der Waals surface area contributed by atoms with Gasteiger partial charge in [-0.3, -0.25) is 0 Å². The first-order valence-electron chi connectivity index (χ1n) is 5.36. The van der Waals surface area contributed by atoms with Crippen molar-refractivity contribution in [3.8, 4) is 6.07 Å². The molecule has 0 aliphatic carbocycles.